The molecule has 0 amide bonds. The van der Waals surface area contributed by atoms with Crippen molar-refractivity contribution in [2.45, 2.75) is 13.8 Å². The van der Waals surface area contributed by atoms with Crippen LogP contribution < -0.4 is 4.74 Å². The van der Waals surface area contributed by atoms with Crippen LogP contribution in [0.2, 0.25) is 10.4 Å². The predicted octanol–water partition coefficient (Wildman–Crippen LogP) is 2.32. The molecule has 2 aromatic heterocycles. The fraction of sp³-hybridized carbons (Fsp3) is 0.333. The Hall–Kier alpha value is -1.40. The van der Waals surface area contributed by atoms with E-state index in [1.807, 2.05) is 20.9 Å². The van der Waals surface area contributed by atoms with E-state index in [0.29, 0.717) is 5.75 Å². The molecule has 90 valence electrons. The third-order valence-electron chi connectivity index (χ3n) is 2.23. The molecule has 0 fully saturated rings. The molecule has 0 unspecified atom stereocenters. The van der Waals surface area contributed by atoms with Gasteiger partial charge in [-0.05, 0) is 25.4 Å². The van der Waals surface area contributed by atoms with Crippen molar-refractivity contribution in [2.75, 3.05) is 0 Å². The Morgan fingerprint density at radius 1 is 1.18 bits per heavy atom. The molecule has 0 saturated carbocycles. The summed E-state index contributed by atoms with van der Waals surface area (Å²) < 4.78 is 7.26. The van der Waals surface area contributed by atoms with Crippen molar-refractivity contribution in [1.82, 2.24) is 25.0 Å². The summed E-state index contributed by atoms with van der Waals surface area (Å²) in [6, 6.07) is 0. The summed E-state index contributed by atoms with van der Waals surface area (Å²) in [7, 11) is 1.82. The van der Waals surface area contributed by atoms with E-state index in [2.05, 4.69) is 20.3 Å². The molecule has 2 aromatic rings. The quantitative estimate of drug-likeness (QED) is 0.840. The lowest BCUT2D eigenvalue weighted by atomic mass is 10.3. The largest absolute Gasteiger partial charge is 0.432 e. The Bertz CT molecular complexity index is 569. The van der Waals surface area contributed by atoms with Crippen LogP contribution >= 0.6 is 23.2 Å². The first-order valence-corrected chi connectivity index (χ1v) is 5.48. The second kappa shape index (κ2) is 4.46. The highest BCUT2D eigenvalue weighted by molar-refractivity contribution is 6.31. The molecule has 17 heavy (non-hydrogen) atoms. The Morgan fingerprint density at radius 3 is 2.47 bits per heavy atom. The Kier molecular flexibility index (Phi) is 3.17. The number of nitrogens with zero attached hydrogens (tertiary/aromatic N) is 5. The summed E-state index contributed by atoms with van der Waals surface area (Å²) in [6.07, 6.45) is 0. The molecule has 0 atom stereocenters. The lowest BCUT2D eigenvalue weighted by Gasteiger charge is -2.05. The highest BCUT2D eigenvalue weighted by atomic mass is 35.5. The summed E-state index contributed by atoms with van der Waals surface area (Å²) in [4.78, 5) is 3.86. The molecular formula is C9H9Cl2N5O. The molecule has 0 bridgehead atoms. The normalized spacial score (nSPS) is 10.6. The molecule has 0 aromatic carbocycles. The molecule has 2 heterocycles. The highest BCUT2D eigenvalue weighted by Crippen LogP contribution is 2.30. The van der Waals surface area contributed by atoms with Crippen LogP contribution in [-0.2, 0) is 7.05 Å². The van der Waals surface area contributed by atoms with Crippen molar-refractivity contribution in [3.05, 3.63) is 21.8 Å². The SMILES string of the molecule is Cc1nn(C)c(C)c1Oc1nc(Cl)nnc1Cl. The van der Waals surface area contributed by atoms with Crippen LogP contribution in [0.25, 0.3) is 0 Å². The maximum Gasteiger partial charge on any atom is 0.262 e. The number of hydrogen-bond donors (Lipinski definition) is 0. The van der Waals surface area contributed by atoms with Crippen molar-refractivity contribution in [3.63, 3.8) is 0 Å². The molecule has 6 nitrogen and oxygen atoms in total. The minimum absolute atomic E-state index is 0.0244. The first-order valence-electron chi connectivity index (χ1n) is 4.73. The summed E-state index contributed by atoms with van der Waals surface area (Å²) in [5.74, 6) is 0.705. The first-order chi connectivity index (χ1) is 7.99. The van der Waals surface area contributed by atoms with Crippen LogP contribution in [0.3, 0.4) is 0 Å². The van der Waals surface area contributed by atoms with E-state index in [4.69, 9.17) is 27.9 Å². The molecule has 0 radical (unpaired) electrons. The van der Waals surface area contributed by atoms with Gasteiger partial charge in [-0.25, -0.2) is 0 Å². The summed E-state index contributed by atoms with van der Waals surface area (Å²) in [6.45, 7) is 3.70. The van der Waals surface area contributed by atoms with Crippen molar-refractivity contribution >= 4 is 23.2 Å². The van der Waals surface area contributed by atoms with Gasteiger partial charge in [-0.3, -0.25) is 4.68 Å². The second-order valence-electron chi connectivity index (χ2n) is 3.40. The Labute approximate surface area is 108 Å². The van der Waals surface area contributed by atoms with Crippen molar-refractivity contribution in [3.8, 4) is 11.6 Å². The fourth-order valence-electron chi connectivity index (χ4n) is 1.34. The first kappa shape index (κ1) is 12.1. The number of hydrogen-bond acceptors (Lipinski definition) is 5. The van der Waals surface area contributed by atoms with Gasteiger partial charge in [-0.2, -0.15) is 10.1 Å². The second-order valence-corrected chi connectivity index (χ2v) is 4.10. The molecule has 8 heteroatoms. The van der Waals surface area contributed by atoms with Gasteiger partial charge in [0.05, 0.1) is 5.69 Å². The molecule has 0 saturated heterocycles. The lowest BCUT2D eigenvalue weighted by Crippen LogP contribution is -1.97. The van der Waals surface area contributed by atoms with Crippen LogP contribution in [0.15, 0.2) is 0 Å². The minimum Gasteiger partial charge on any atom is -0.432 e. The molecule has 2 rings (SSSR count). The molecular weight excluding hydrogens is 265 g/mol. The van der Waals surface area contributed by atoms with Crippen molar-refractivity contribution < 1.29 is 4.74 Å². The Balaban J connectivity index is 2.41. The third-order valence-corrected chi connectivity index (χ3v) is 2.63. The minimum atomic E-state index is -0.0244. The number of aryl methyl sites for hydroxylation is 2. The molecule has 0 aliphatic carbocycles. The number of aromatic nitrogens is 5. The van der Waals surface area contributed by atoms with E-state index in [1.165, 1.54) is 0 Å². The monoisotopic (exact) mass is 273 g/mol. The van der Waals surface area contributed by atoms with Crippen LogP contribution in [0, 0.1) is 13.8 Å². The van der Waals surface area contributed by atoms with Gasteiger partial charge in [0.2, 0.25) is 10.4 Å². The molecule has 0 N–H and O–H groups in total. The summed E-state index contributed by atoms with van der Waals surface area (Å²) in [5, 5.41) is 11.4. The summed E-state index contributed by atoms with van der Waals surface area (Å²) >= 11 is 11.4. The van der Waals surface area contributed by atoms with E-state index in [1.54, 1.807) is 4.68 Å². The molecule has 0 aliphatic rings. The summed E-state index contributed by atoms with van der Waals surface area (Å²) in [5.41, 5.74) is 1.59. The zero-order valence-corrected chi connectivity index (χ0v) is 10.9. The number of halogens is 2. The van der Waals surface area contributed by atoms with Gasteiger partial charge in [0.25, 0.3) is 5.88 Å². The van der Waals surface area contributed by atoms with E-state index in [9.17, 15) is 0 Å². The van der Waals surface area contributed by atoms with Gasteiger partial charge in [0, 0.05) is 7.05 Å². The van der Waals surface area contributed by atoms with Gasteiger partial charge < -0.3 is 4.74 Å². The zero-order chi connectivity index (χ0) is 12.6. The van der Waals surface area contributed by atoms with E-state index < -0.39 is 0 Å². The van der Waals surface area contributed by atoms with Gasteiger partial charge >= 0.3 is 0 Å². The standard InChI is InChI=1S/C9H9Cl2N5O/c1-4-6(5(2)16(3)15-4)17-8-7(10)13-14-9(11)12-8/h1-3H3. The van der Waals surface area contributed by atoms with Gasteiger partial charge in [0.15, 0.2) is 5.75 Å². The van der Waals surface area contributed by atoms with E-state index >= 15 is 0 Å². The van der Waals surface area contributed by atoms with Crippen LogP contribution in [-0.4, -0.2) is 25.0 Å². The maximum absolute atomic E-state index is 5.81. The van der Waals surface area contributed by atoms with Crippen molar-refractivity contribution in [2.24, 2.45) is 7.05 Å². The van der Waals surface area contributed by atoms with E-state index in [0.717, 1.165) is 11.4 Å². The predicted molar refractivity (Wildman–Crippen MR) is 62.6 cm³/mol. The molecule has 0 spiro atoms. The van der Waals surface area contributed by atoms with Gasteiger partial charge in [-0.15, -0.1) is 10.2 Å². The van der Waals surface area contributed by atoms with Gasteiger partial charge in [-0.1, -0.05) is 11.6 Å². The van der Waals surface area contributed by atoms with Crippen LogP contribution in [0.5, 0.6) is 11.6 Å². The Morgan fingerprint density at radius 2 is 1.88 bits per heavy atom. The van der Waals surface area contributed by atoms with E-state index in [-0.39, 0.29) is 16.3 Å². The van der Waals surface area contributed by atoms with Crippen LogP contribution in [0.1, 0.15) is 11.4 Å². The van der Waals surface area contributed by atoms with Gasteiger partial charge in [0.1, 0.15) is 5.69 Å². The number of rotatable bonds is 2. The maximum atomic E-state index is 5.81. The zero-order valence-electron chi connectivity index (χ0n) is 9.40. The number of ether oxygens (including phenoxy) is 1. The van der Waals surface area contributed by atoms with Crippen molar-refractivity contribution in [1.29, 1.82) is 0 Å². The lowest BCUT2D eigenvalue weighted by molar-refractivity contribution is 0.450. The van der Waals surface area contributed by atoms with Crippen LogP contribution in [0.4, 0.5) is 0 Å². The topological polar surface area (TPSA) is 65.7 Å². The molecule has 0 aliphatic heterocycles. The smallest absolute Gasteiger partial charge is 0.262 e. The average Bonchev–Trinajstić information content (AvgIpc) is 2.50. The average molecular weight is 274 g/mol. The fourth-order valence-corrected chi connectivity index (χ4v) is 1.58. The third kappa shape index (κ3) is 2.32. The highest BCUT2D eigenvalue weighted by Gasteiger charge is 2.15.